The zero-order valence-corrected chi connectivity index (χ0v) is 21.3. The second kappa shape index (κ2) is 16.3. The van der Waals surface area contributed by atoms with E-state index in [-0.39, 0.29) is 43.6 Å². The molecular weight excluding hydrogens is 474 g/mol. The summed E-state index contributed by atoms with van der Waals surface area (Å²) in [5, 5.41) is 25.9. The van der Waals surface area contributed by atoms with Gasteiger partial charge in [-0.3, -0.25) is 24.2 Å². The fraction of sp³-hybridized carbons (Fsp3) is 0.727. The zero-order valence-electron chi connectivity index (χ0n) is 21.3. The van der Waals surface area contributed by atoms with Gasteiger partial charge in [-0.05, 0) is 31.1 Å². The van der Waals surface area contributed by atoms with Crippen molar-refractivity contribution in [1.29, 1.82) is 0 Å². The minimum Gasteiger partial charge on any atom is -0.481 e. The van der Waals surface area contributed by atoms with Crippen molar-refractivity contribution >= 4 is 35.6 Å². The predicted octanol–water partition coefficient (Wildman–Crippen LogP) is -1.53. The number of aliphatic imine (C=N–C) groups is 1. The Kier molecular flexibility index (Phi) is 14.7. The number of nitrogens with one attached hydrogen (secondary N) is 3. The lowest BCUT2D eigenvalue weighted by Crippen LogP contribution is -2.59. The van der Waals surface area contributed by atoms with Gasteiger partial charge in [0.25, 0.3) is 0 Å². The molecule has 36 heavy (non-hydrogen) atoms. The van der Waals surface area contributed by atoms with Gasteiger partial charge in [0.2, 0.25) is 17.7 Å². The van der Waals surface area contributed by atoms with Crippen molar-refractivity contribution in [2.45, 2.75) is 84.0 Å². The molecule has 5 atom stereocenters. The van der Waals surface area contributed by atoms with Gasteiger partial charge in [-0.25, -0.2) is 4.79 Å². The summed E-state index contributed by atoms with van der Waals surface area (Å²) < 4.78 is 0. The summed E-state index contributed by atoms with van der Waals surface area (Å²) in [4.78, 5) is 64.9. The van der Waals surface area contributed by atoms with E-state index >= 15 is 0 Å². The van der Waals surface area contributed by atoms with Gasteiger partial charge in [-0.15, -0.1) is 0 Å². The standard InChI is InChI=1S/C22H41N7O7/c1-5-12(4)17(29-19(33)16(23)11(2)3)20(34)27-13(8-9-15(30)31)18(32)28-14(21(35)36)7-6-10-26-22(24)25/h11-14,16-17H,5-10,23H2,1-4H3,(H,27,34)(H,28,32)(H,29,33)(H,30,31)(H,35,36)(H4,24,25,26). The second-order valence-corrected chi connectivity index (χ2v) is 8.98. The topological polar surface area (TPSA) is 252 Å². The number of carbonyl (C=O) groups is 5. The third-order valence-electron chi connectivity index (χ3n) is 5.65. The first-order valence-electron chi connectivity index (χ1n) is 11.9. The maximum Gasteiger partial charge on any atom is 0.326 e. The molecule has 0 aromatic carbocycles. The van der Waals surface area contributed by atoms with Crippen LogP contribution in [0.1, 0.15) is 59.8 Å². The molecule has 0 rings (SSSR count). The number of nitrogens with two attached hydrogens (primary N) is 3. The number of hydrogen-bond donors (Lipinski definition) is 8. The van der Waals surface area contributed by atoms with E-state index in [1.54, 1.807) is 20.8 Å². The monoisotopic (exact) mass is 515 g/mol. The number of hydrogen-bond acceptors (Lipinski definition) is 7. The molecule has 3 amide bonds. The molecule has 14 heteroatoms. The van der Waals surface area contributed by atoms with E-state index in [0.717, 1.165) is 0 Å². The Bertz CT molecular complexity index is 800. The molecule has 11 N–H and O–H groups in total. The van der Waals surface area contributed by atoms with E-state index in [0.29, 0.717) is 6.42 Å². The van der Waals surface area contributed by atoms with Gasteiger partial charge in [0.1, 0.15) is 18.1 Å². The Morgan fingerprint density at radius 2 is 1.44 bits per heavy atom. The van der Waals surface area contributed by atoms with Crippen molar-refractivity contribution in [2.24, 2.45) is 34.0 Å². The fourth-order valence-corrected chi connectivity index (χ4v) is 3.09. The van der Waals surface area contributed by atoms with Crippen LogP contribution in [-0.2, 0) is 24.0 Å². The Morgan fingerprint density at radius 3 is 1.92 bits per heavy atom. The number of amides is 3. The minimum absolute atomic E-state index is 0.00388. The van der Waals surface area contributed by atoms with Gasteiger partial charge < -0.3 is 43.4 Å². The Morgan fingerprint density at radius 1 is 0.861 bits per heavy atom. The number of carboxylic acid groups (broad SMARTS) is 2. The minimum atomic E-state index is -1.35. The van der Waals surface area contributed by atoms with Gasteiger partial charge in [0, 0.05) is 13.0 Å². The first kappa shape index (κ1) is 32.6. The molecule has 0 heterocycles. The van der Waals surface area contributed by atoms with Crippen molar-refractivity contribution in [3.05, 3.63) is 0 Å². The van der Waals surface area contributed by atoms with Crippen molar-refractivity contribution in [2.75, 3.05) is 6.54 Å². The first-order valence-corrected chi connectivity index (χ1v) is 11.9. The molecular formula is C22H41N7O7. The van der Waals surface area contributed by atoms with Crippen molar-refractivity contribution in [1.82, 2.24) is 16.0 Å². The highest BCUT2D eigenvalue weighted by atomic mass is 16.4. The highest BCUT2D eigenvalue weighted by molar-refractivity contribution is 5.94. The molecule has 0 aliphatic carbocycles. The maximum atomic E-state index is 13.1. The molecule has 0 aliphatic rings. The molecule has 0 spiro atoms. The maximum absolute atomic E-state index is 13.1. The SMILES string of the molecule is CCC(C)C(NC(=O)C(N)C(C)C)C(=O)NC(CCC(=O)O)C(=O)NC(CCCN=C(N)N)C(=O)O. The Labute approximate surface area is 210 Å². The largest absolute Gasteiger partial charge is 0.481 e. The van der Waals surface area contributed by atoms with E-state index in [9.17, 15) is 29.1 Å². The van der Waals surface area contributed by atoms with Crippen LogP contribution in [0.4, 0.5) is 0 Å². The van der Waals surface area contributed by atoms with E-state index in [4.69, 9.17) is 22.3 Å². The van der Waals surface area contributed by atoms with Crippen molar-refractivity contribution in [3.8, 4) is 0 Å². The number of nitrogens with zero attached hydrogens (tertiary/aromatic N) is 1. The van der Waals surface area contributed by atoms with Gasteiger partial charge in [0.05, 0.1) is 6.04 Å². The summed E-state index contributed by atoms with van der Waals surface area (Å²) in [5.41, 5.74) is 16.3. The van der Waals surface area contributed by atoms with Crippen molar-refractivity contribution < 1.29 is 34.2 Å². The van der Waals surface area contributed by atoms with Crippen LogP contribution in [-0.4, -0.2) is 76.5 Å². The summed E-state index contributed by atoms with van der Waals surface area (Å²) in [6.45, 7) is 7.20. The molecule has 0 fully saturated rings. The Balaban J connectivity index is 5.60. The summed E-state index contributed by atoms with van der Waals surface area (Å²) in [6, 6.07) is -4.56. The molecule has 0 aliphatic heterocycles. The van der Waals surface area contributed by atoms with Crippen LogP contribution in [0.5, 0.6) is 0 Å². The summed E-state index contributed by atoms with van der Waals surface area (Å²) in [7, 11) is 0. The first-order chi connectivity index (χ1) is 16.7. The fourth-order valence-electron chi connectivity index (χ4n) is 3.09. The number of aliphatic carboxylic acids is 2. The van der Waals surface area contributed by atoms with E-state index in [1.165, 1.54) is 0 Å². The van der Waals surface area contributed by atoms with Gasteiger partial charge in [-0.2, -0.15) is 0 Å². The van der Waals surface area contributed by atoms with Crippen LogP contribution in [0.25, 0.3) is 0 Å². The highest BCUT2D eigenvalue weighted by Gasteiger charge is 2.33. The van der Waals surface area contributed by atoms with Crippen molar-refractivity contribution in [3.63, 3.8) is 0 Å². The lowest BCUT2D eigenvalue weighted by molar-refractivity contribution is -0.143. The van der Waals surface area contributed by atoms with Crippen LogP contribution in [0, 0.1) is 11.8 Å². The van der Waals surface area contributed by atoms with Crippen LogP contribution < -0.4 is 33.2 Å². The molecule has 0 bridgehead atoms. The summed E-state index contributed by atoms with van der Waals surface area (Å²) in [5.74, 6) is -5.31. The van der Waals surface area contributed by atoms with E-state index in [1.807, 2.05) is 6.92 Å². The quantitative estimate of drug-likeness (QED) is 0.0630. The predicted molar refractivity (Wildman–Crippen MR) is 132 cm³/mol. The van der Waals surface area contributed by atoms with Gasteiger partial charge in [-0.1, -0.05) is 34.1 Å². The van der Waals surface area contributed by atoms with E-state index in [2.05, 4.69) is 20.9 Å². The molecule has 0 saturated carbocycles. The smallest absolute Gasteiger partial charge is 0.326 e. The molecule has 5 unspecified atom stereocenters. The normalized spacial score (nSPS) is 15.1. The lowest BCUT2D eigenvalue weighted by Gasteiger charge is -2.28. The summed E-state index contributed by atoms with van der Waals surface area (Å²) in [6.07, 6.45) is 0.00682. The van der Waals surface area contributed by atoms with Crippen LogP contribution in [0.3, 0.4) is 0 Å². The molecule has 0 aromatic heterocycles. The highest BCUT2D eigenvalue weighted by Crippen LogP contribution is 2.11. The van der Waals surface area contributed by atoms with Crippen LogP contribution in [0.15, 0.2) is 4.99 Å². The number of rotatable bonds is 17. The molecule has 0 aromatic rings. The third-order valence-corrected chi connectivity index (χ3v) is 5.65. The third kappa shape index (κ3) is 12.3. The lowest BCUT2D eigenvalue weighted by atomic mass is 9.96. The molecule has 0 saturated heterocycles. The van der Waals surface area contributed by atoms with Crippen LogP contribution >= 0.6 is 0 Å². The zero-order chi connectivity index (χ0) is 28.0. The molecule has 206 valence electrons. The number of carboxylic acids is 2. The summed E-state index contributed by atoms with van der Waals surface area (Å²) >= 11 is 0. The van der Waals surface area contributed by atoms with Gasteiger partial charge in [0.15, 0.2) is 5.96 Å². The average molecular weight is 516 g/mol. The molecule has 14 nitrogen and oxygen atoms in total. The van der Waals surface area contributed by atoms with Gasteiger partial charge >= 0.3 is 11.9 Å². The number of guanidine groups is 1. The second-order valence-electron chi connectivity index (χ2n) is 8.98. The number of carbonyl (C=O) groups excluding carboxylic acids is 3. The van der Waals surface area contributed by atoms with E-state index < -0.39 is 60.2 Å². The molecule has 0 radical (unpaired) electrons. The van der Waals surface area contributed by atoms with Crippen LogP contribution in [0.2, 0.25) is 0 Å². The Hall–Kier alpha value is -3.42. The average Bonchev–Trinajstić information content (AvgIpc) is 2.79.